The number of hydrogen-bond donors (Lipinski definition) is 2. The number of nitrogens with two attached hydrogens (primary N) is 1. The third-order valence-corrected chi connectivity index (χ3v) is 8.23. The molecular formula is C28H33F3N4O4S. The van der Waals surface area contributed by atoms with Crippen molar-refractivity contribution in [3.63, 3.8) is 0 Å². The van der Waals surface area contributed by atoms with Gasteiger partial charge in [-0.05, 0) is 92.1 Å². The van der Waals surface area contributed by atoms with Gasteiger partial charge in [-0.2, -0.15) is 0 Å². The van der Waals surface area contributed by atoms with E-state index < -0.39 is 33.5 Å². The van der Waals surface area contributed by atoms with Crippen LogP contribution in [0.25, 0.3) is 6.08 Å². The molecular weight excluding hydrogens is 545 g/mol. The van der Waals surface area contributed by atoms with Crippen LogP contribution in [0.1, 0.15) is 42.7 Å². The fourth-order valence-electron chi connectivity index (χ4n) is 5.64. The van der Waals surface area contributed by atoms with Crippen LogP contribution in [0.3, 0.4) is 0 Å². The molecule has 216 valence electrons. The Kier molecular flexibility index (Phi) is 9.19. The first-order chi connectivity index (χ1) is 18.9. The molecule has 2 aliphatic heterocycles. The molecule has 2 heterocycles. The molecule has 2 fully saturated rings. The van der Waals surface area contributed by atoms with Crippen LogP contribution in [-0.4, -0.2) is 68.5 Å². The number of nitrogens with zero attached hydrogens (tertiary/aromatic N) is 2. The van der Waals surface area contributed by atoms with Crippen LogP contribution in [0, 0.1) is 23.4 Å². The molecule has 0 spiro atoms. The van der Waals surface area contributed by atoms with Gasteiger partial charge in [-0.25, -0.2) is 21.6 Å². The number of halogens is 3. The molecule has 1 atom stereocenters. The number of nitrogens with one attached hydrogen (secondary N) is 1. The summed E-state index contributed by atoms with van der Waals surface area (Å²) in [4.78, 5) is 28.9. The lowest BCUT2D eigenvalue weighted by atomic mass is 9.84. The topological polar surface area (TPSA) is 113 Å². The molecule has 0 aromatic heterocycles. The van der Waals surface area contributed by atoms with E-state index in [4.69, 9.17) is 5.73 Å². The second-order valence-electron chi connectivity index (χ2n) is 10.4. The number of benzene rings is 2. The highest BCUT2D eigenvalue weighted by atomic mass is 32.2. The Balaban J connectivity index is 1.30. The largest absolute Gasteiger partial charge is 0.368 e. The maximum atomic E-state index is 13.4. The van der Waals surface area contributed by atoms with E-state index in [1.807, 2.05) is 12.1 Å². The van der Waals surface area contributed by atoms with Gasteiger partial charge in [0.1, 0.15) is 0 Å². The zero-order valence-electron chi connectivity index (χ0n) is 22.2. The molecule has 2 aliphatic rings. The molecule has 2 saturated heterocycles. The SMILES string of the molecule is CS(=O)(=O)Nc1ccc(C2CCN(C(C(N)=O)C3CCN(C(=O)/C=C/c4cc(F)c(F)c(F)c4)CC3)CC2)cc1. The highest BCUT2D eigenvalue weighted by Crippen LogP contribution is 2.33. The molecule has 0 saturated carbocycles. The Morgan fingerprint density at radius 3 is 2.08 bits per heavy atom. The normalized spacial score (nSPS) is 18.6. The van der Waals surface area contributed by atoms with Gasteiger partial charge < -0.3 is 10.6 Å². The fraction of sp³-hybridized carbons (Fsp3) is 0.429. The summed E-state index contributed by atoms with van der Waals surface area (Å²) >= 11 is 0. The lowest BCUT2D eigenvalue weighted by Crippen LogP contribution is -2.54. The van der Waals surface area contributed by atoms with Crippen molar-refractivity contribution in [3.8, 4) is 0 Å². The molecule has 40 heavy (non-hydrogen) atoms. The van der Waals surface area contributed by atoms with Crippen molar-refractivity contribution in [2.75, 3.05) is 37.2 Å². The lowest BCUT2D eigenvalue weighted by molar-refractivity contribution is -0.129. The summed E-state index contributed by atoms with van der Waals surface area (Å²) in [5.74, 6) is -4.66. The average Bonchev–Trinajstić information content (AvgIpc) is 2.90. The van der Waals surface area contributed by atoms with E-state index in [0.717, 1.165) is 36.8 Å². The maximum absolute atomic E-state index is 13.4. The summed E-state index contributed by atoms with van der Waals surface area (Å²) in [5, 5.41) is 0. The van der Waals surface area contributed by atoms with Gasteiger partial charge in [0.2, 0.25) is 21.8 Å². The number of hydrogen-bond acceptors (Lipinski definition) is 5. The van der Waals surface area contributed by atoms with Crippen molar-refractivity contribution in [2.24, 2.45) is 11.7 Å². The molecule has 8 nitrogen and oxygen atoms in total. The van der Waals surface area contributed by atoms with Crippen molar-refractivity contribution >= 4 is 33.6 Å². The van der Waals surface area contributed by atoms with E-state index in [1.165, 1.54) is 12.2 Å². The van der Waals surface area contributed by atoms with Crippen LogP contribution in [0.5, 0.6) is 0 Å². The van der Waals surface area contributed by atoms with Gasteiger partial charge >= 0.3 is 0 Å². The first-order valence-corrected chi connectivity index (χ1v) is 15.0. The van der Waals surface area contributed by atoms with Crippen molar-refractivity contribution in [1.82, 2.24) is 9.80 Å². The number of primary amides is 1. The van der Waals surface area contributed by atoms with Crippen LogP contribution in [0.4, 0.5) is 18.9 Å². The number of piperidine rings is 2. The van der Waals surface area contributed by atoms with Gasteiger partial charge in [0.25, 0.3) is 0 Å². The van der Waals surface area contributed by atoms with Gasteiger partial charge in [-0.3, -0.25) is 19.2 Å². The molecule has 0 aliphatic carbocycles. The van der Waals surface area contributed by atoms with Crippen LogP contribution in [0.2, 0.25) is 0 Å². The van der Waals surface area contributed by atoms with Crippen molar-refractivity contribution < 1.29 is 31.2 Å². The van der Waals surface area contributed by atoms with Gasteiger partial charge in [-0.1, -0.05) is 12.1 Å². The van der Waals surface area contributed by atoms with Gasteiger partial charge in [-0.15, -0.1) is 0 Å². The zero-order chi connectivity index (χ0) is 29.0. The van der Waals surface area contributed by atoms with E-state index in [9.17, 15) is 31.2 Å². The third kappa shape index (κ3) is 7.42. The van der Waals surface area contributed by atoms with Crippen molar-refractivity contribution in [3.05, 3.63) is 71.1 Å². The summed E-state index contributed by atoms with van der Waals surface area (Å²) in [6, 6.07) is 8.53. The minimum absolute atomic E-state index is 0.0104. The van der Waals surface area contributed by atoms with E-state index in [-0.39, 0.29) is 29.2 Å². The molecule has 0 radical (unpaired) electrons. The molecule has 12 heteroatoms. The molecule has 2 aromatic carbocycles. The Hall–Kier alpha value is -3.38. The highest BCUT2D eigenvalue weighted by molar-refractivity contribution is 7.92. The molecule has 1 unspecified atom stereocenters. The summed E-state index contributed by atoms with van der Waals surface area (Å²) in [6.45, 7) is 2.20. The van der Waals surface area contributed by atoms with Crippen LogP contribution in [0.15, 0.2) is 42.5 Å². The molecule has 0 bridgehead atoms. The minimum atomic E-state index is -3.34. The minimum Gasteiger partial charge on any atom is -0.368 e. The highest BCUT2D eigenvalue weighted by Gasteiger charge is 2.37. The molecule has 2 aromatic rings. The summed E-state index contributed by atoms with van der Waals surface area (Å²) in [7, 11) is -3.34. The molecule has 2 amide bonds. The molecule has 4 rings (SSSR count). The number of likely N-dealkylation sites (tertiary alicyclic amines) is 2. The first kappa shape index (κ1) is 29.6. The van der Waals surface area contributed by atoms with Crippen LogP contribution >= 0.6 is 0 Å². The summed E-state index contributed by atoms with van der Waals surface area (Å²) in [5.41, 5.74) is 7.50. The Labute approximate surface area is 232 Å². The number of sulfonamides is 1. The molecule has 3 N–H and O–H groups in total. The maximum Gasteiger partial charge on any atom is 0.246 e. The number of anilines is 1. The number of carbonyl (C=O) groups is 2. The Bertz CT molecular complexity index is 1350. The van der Waals surface area contributed by atoms with E-state index >= 15 is 0 Å². The Morgan fingerprint density at radius 1 is 0.975 bits per heavy atom. The standard InChI is InChI=1S/C28H33F3N4O4S/c1-40(38,39)33-22-5-3-19(4-6-22)20-8-14-35(15-9-20)27(28(32)37)21-10-12-34(13-11-21)25(36)7-2-18-16-23(29)26(31)24(30)17-18/h2-7,16-17,20-21,27,33H,8-15H2,1H3,(H2,32,37)/b7-2+. The summed E-state index contributed by atoms with van der Waals surface area (Å²) < 4.78 is 65.3. The van der Waals surface area contributed by atoms with Gasteiger partial charge in [0.05, 0.1) is 12.3 Å². The van der Waals surface area contributed by atoms with Gasteiger partial charge in [0.15, 0.2) is 17.5 Å². The smallest absolute Gasteiger partial charge is 0.246 e. The quantitative estimate of drug-likeness (QED) is 0.368. The van der Waals surface area contributed by atoms with E-state index in [0.29, 0.717) is 44.7 Å². The van der Waals surface area contributed by atoms with Crippen LogP contribution in [-0.2, 0) is 19.6 Å². The number of carbonyl (C=O) groups excluding carboxylic acids is 2. The summed E-state index contributed by atoms with van der Waals surface area (Å²) in [6.07, 6.45) is 6.38. The second-order valence-corrected chi connectivity index (χ2v) is 12.2. The fourth-order valence-corrected chi connectivity index (χ4v) is 6.20. The van der Waals surface area contributed by atoms with E-state index in [1.54, 1.807) is 17.0 Å². The Morgan fingerprint density at radius 2 is 1.55 bits per heavy atom. The zero-order valence-corrected chi connectivity index (χ0v) is 23.0. The van der Waals surface area contributed by atoms with E-state index in [2.05, 4.69) is 9.62 Å². The van der Waals surface area contributed by atoms with Crippen LogP contribution < -0.4 is 10.5 Å². The first-order valence-electron chi connectivity index (χ1n) is 13.1. The average molecular weight is 579 g/mol. The number of rotatable bonds is 8. The van der Waals surface area contributed by atoms with Gasteiger partial charge in [0, 0.05) is 24.9 Å². The number of amides is 2. The second kappa shape index (κ2) is 12.4. The van der Waals surface area contributed by atoms with Crippen molar-refractivity contribution in [2.45, 2.75) is 37.6 Å². The third-order valence-electron chi connectivity index (χ3n) is 7.62. The van der Waals surface area contributed by atoms with Crippen molar-refractivity contribution in [1.29, 1.82) is 0 Å². The monoisotopic (exact) mass is 578 g/mol. The predicted octanol–water partition coefficient (Wildman–Crippen LogP) is 3.46. The predicted molar refractivity (Wildman–Crippen MR) is 146 cm³/mol. The lowest BCUT2D eigenvalue weighted by Gasteiger charge is -2.42.